The molecule has 0 unspecified atom stereocenters. The molecule has 2 fully saturated rings. The van der Waals surface area contributed by atoms with E-state index in [1.165, 1.54) is 10.0 Å². The van der Waals surface area contributed by atoms with Crippen molar-refractivity contribution in [2.75, 3.05) is 12.1 Å². The summed E-state index contributed by atoms with van der Waals surface area (Å²) < 4.78 is 10.5. The Bertz CT molecular complexity index is 855. The van der Waals surface area contributed by atoms with Gasteiger partial charge in [0.15, 0.2) is 16.6 Å². The summed E-state index contributed by atoms with van der Waals surface area (Å²) in [6, 6.07) is 4.16. The molecule has 0 aliphatic carbocycles. The highest BCUT2D eigenvalue weighted by Gasteiger charge is 2.56. The van der Waals surface area contributed by atoms with E-state index in [-0.39, 0.29) is 30.1 Å². The van der Waals surface area contributed by atoms with Crippen molar-refractivity contribution in [2.24, 2.45) is 0 Å². The second-order valence-corrected chi connectivity index (χ2v) is 7.03. The molecule has 4 rings (SSSR count). The van der Waals surface area contributed by atoms with Crippen molar-refractivity contribution in [2.45, 2.75) is 31.8 Å². The van der Waals surface area contributed by atoms with Gasteiger partial charge in [0.05, 0.1) is 6.42 Å². The third kappa shape index (κ3) is 2.41. The number of hydrazine groups is 1. The van der Waals surface area contributed by atoms with Crippen LogP contribution < -0.4 is 20.1 Å². The van der Waals surface area contributed by atoms with E-state index in [4.69, 9.17) is 21.7 Å². The lowest BCUT2D eigenvalue weighted by atomic mass is 10.00. The topological polar surface area (TPSA) is 100 Å². The molecule has 0 aromatic heterocycles. The monoisotopic (exact) mass is 376 g/mol. The van der Waals surface area contributed by atoms with Gasteiger partial charge in [-0.1, -0.05) is 0 Å². The zero-order valence-electron chi connectivity index (χ0n) is 14.1. The maximum Gasteiger partial charge on any atom is 0.248 e. The summed E-state index contributed by atoms with van der Waals surface area (Å²) in [6.07, 6.45) is -0.0745. The van der Waals surface area contributed by atoms with E-state index in [0.717, 1.165) is 0 Å². The van der Waals surface area contributed by atoms with Gasteiger partial charge in [0.2, 0.25) is 24.5 Å². The van der Waals surface area contributed by atoms with Crippen LogP contribution in [-0.4, -0.2) is 51.2 Å². The van der Waals surface area contributed by atoms with Crippen molar-refractivity contribution < 1.29 is 23.9 Å². The summed E-state index contributed by atoms with van der Waals surface area (Å²) in [4.78, 5) is 37.5. The van der Waals surface area contributed by atoms with Crippen LogP contribution in [0, 0.1) is 0 Å². The summed E-state index contributed by atoms with van der Waals surface area (Å²) in [5.41, 5.74) is -0.599. The number of carbonyl (C=O) groups is 3. The van der Waals surface area contributed by atoms with Gasteiger partial charge in [0.1, 0.15) is 11.6 Å². The molecule has 2 saturated heterocycles. The highest BCUT2D eigenvalue weighted by atomic mass is 32.1. The lowest BCUT2D eigenvalue weighted by Crippen LogP contribution is -2.71. The van der Waals surface area contributed by atoms with Crippen LogP contribution in [-0.2, 0) is 14.4 Å². The van der Waals surface area contributed by atoms with Crippen LogP contribution in [0.4, 0.5) is 5.69 Å². The van der Waals surface area contributed by atoms with E-state index in [0.29, 0.717) is 17.2 Å². The Morgan fingerprint density at radius 2 is 2.04 bits per heavy atom. The van der Waals surface area contributed by atoms with Gasteiger partial charge < -0.3 is 14.8 Å². The maximum absolute atomic E-state index is 12.8. The number of nitrogens with zero attached hydrogens (tertiary/aromatic N) is 2. The first-order valence-electron chi connectivity index (χ1n) is 7.97. The number of thiocarbonyl (C=S) groups is 1. The van der Waals surface area contributed by atoms with Crippen LogP contribution in [0.15, 0.2) is 18.2 Å². The number of nitrogens with one attached hydrogen (secondary N) is 2. The maximum atomic E-state index is 12.8. The minimum absolute atomic E-state index is 0.0160. The van der Waals surface area contributed by atoms with Crippen LogP contribution in [0.3, 0.4) is 0 Å². The normalized spacial score (nSPS) is 23.7. The molecule has 1 aromatic rings. The first-order valence-corrected chi connectivity index (χ1v) is 8.38. The molecule has 3 aliphatic heterocycles. The predicted octanol–water partition coefficient (Wildman–Crippen LogP) is 0.365. The Morgan fingerprint density at radius 1 is 1.31 bits per heavy atom. The van der Waals surface area contributed by atoms with E-state index in [2.05, 4.69) is 10.6 Å². The zero-order valence-corrected chi connectivity index (χ0v) is 14.9. The number of benzene rings is 1. The molecule has 0 radical (unpaired) electrons. The molecule has 0 bridgehead atoms. The van der Waals surface area contributed by atoms with Crippen molar-refractivity contribution in [1.29, 1.82) is 0 Å². The minimum atomic E-state index is -1.11. The number of amides is 3. The smallest absolute Gasteiger partial charge is 0.248 e. The molecule has 3 aliphatic rings. The van der Waals surface area contributed by atoms with E-state index in [1.54, 1.807) is 32.0 Å². The highest BCUT2D eigenvalue weighted by Crippen LogP contribution is 2.36. The van der Waals surface area contributed by atoms with E-state index < -0.39 is 17.5 Å². The Kier molecular flexibility index (Phi) is 3.63. The van der Waals surface area contributed by atoms with Gasteiger partial charge in [-0.3, -0.25) is 19.7 Å². The first kappa shape index (κ1) is 16.7. The number of rotatable bonds is 2. The van der Waals surface area contributed by atoms with E-state index in [1.807, 2.05) is 0 Å². The zero-order chi connectivity index (χ0) is 18.6. The van der Waals surface area contributed by atoms with Crippen LogP contribution >= 0.6 is 12.2 Å². The molecule has 1 aromatic carbocycles. The summed E-state index contributed by atoms with van der Waals surface area (Å²) in [5.74, 6) is 0.0173. The fourth-order valence-corrected chi connectivity index (χ4v) is 3.54. The van der Waals surface area contributed by atoms with Gasteiger partial charge in [-0.05, 0) is 38.2 Å². The SMILES string of the molecule is CC1(C)C(=O)NC(=S)N2C(=O)C[C@@H](C(=O)Nc3ccc4c(c3)OCO4)N21. The van der Waals surface area contributed by atoms with Crippen LogP contribution in [0.25, 0.3) is 0 Å². The van der Waals surface area contributed by atoms with Gasteiger partial charge in [0.25, 0.3) is 0 Å². The van der Waals surface area contributed by atoms with Gasteiger partial charge in [-0.2, -0.15) is 5.01 Å². The molecule has 10 heteroatoms. The molecule has 9 nitrogen and oxygen atoms in total. The van der Waals surface area contributed by atoms with Crippen LogP contribution in [0.1, 0.15) is 20.3 Å². The average molecular weight is 376 g/mol. The van der Waals surface area contributed by atoms with Crippen molar-refractivity contribution in [3.8, 4) is 11.5 Å². The summed E-state index contributed by atoms with van der Waals surface area (Å²) in [7, 11) is 0. The quantitative estimate of drug-likeness (QED) is 0.719. The minimum Gasteiger partial charge on any atom is -0.454 e. The fraction of sp³-hybridized carbons (Fsp3) is 0.375. The highest BCUT2D eigenvalue weighted by molar-refractivity contribution is 7.80. The molecule has 0 spiro atoms. The first-order chi connectivity index (χ1) is 12.3. The van der Waals surface area contributed by atoms with Crippen molar-refractivity contribution in [1.82, 2.24) is 15.3 Å². The van der Waals surface area contributed by atoms with E-state index >= 15 is 0 Å². The molecule has 3 amide bonds. The van der Waals surface area contributed by atoms with Crippen LogP contribution in [0.5, 0.6) is 11.5 Å². The van der Waals surface area contributed by atoms with Gasteiger partial charge in [0, 0.05) is 11.8 Å². The third-order valence-corrected chi connectivity index (χ3v) is 4.87. The standard InChI is InChI=1S/C16H16N4O5S/c1-16(2)14(23)18-15(26)19-12(21)6-9(20(16)19)13(22)17-8-3-4-10-11(5-8)25-7-24-10/h3-5,9H,6-7H2,1-2H3,(H,17,22)(H,18,23,26)/t9-/m0/s1. The molecular formula is C16H16N4O5S. The van der Waals surface area contributed by atoms with Crippen molar-refractivity contribution >= 4 is 40.7 Å². The Hall–Kier alpha value is -2.72. The van der Waals surface area contributed by atoms with E-state index in [9.17, 15) is 14.4 Å². The van der Waals surface area contributed by atoms with Crippen molar-refractivity contribution in [3.63, 3.8) is 0 Å². The lowest BCUT2D eigenvalue weighted by molar-refractivity contribution is -0.154. The number of carbonyl (C=O) groups excluding carboxylic acids is 3. The second kappa shape index (κ2) is 5.64. The van der Waals surface area contributed by atoms with Gasteiger partial charge in [-0.25, -0.2) is 5.01 Å². The van der Waals surface area contributed by atoms with Gasteiger partial charge >= 0.3 is 0 Å². The second-order valence-electron chi connectivity index (χ2n) is 6.65. The summed E-state index contributed by atoms with van der Waals surface area (Å²) in [6.45, 7) is 3.40. The molecule has 136 valence electrons. The molecule has 1 atom stereocenters. The average Bonchev–Trinajstić information content (AvgIpc) is 3.17. The number of hydrogen-bond acceptors (Lipinski definition) is 7. The molecular weight excluding hydrogens is 360 g/mol. The number of ether oxygens (including phenoxy) is 2. The number of hydrogen-bond donors (Lipinski definition) is 2. The Morgan fingerprint density at radius 3 is 2.81 bits per heavy atom. The Labute approximate surface area is 154 Å². The van der Waals surface area contributed by atoms with Crippen molar-refractivity contribution in [3.05, 3.63) is 18.2 Å². The number of anilines is 1. The van der Waals surface area contributed by atoms with Crippen LogP contribution in [0.2, 0.25) is 0 Å². The lowest BCUT2D eigenvalue weighted by Gasteiger charge is -2.45. The summed E-state index contributed by atoms with van der Waals surface area (Å²) in [5, 5.41) is 7.89. The third-order valence-electron chi connectivity index (χ3n) is 4.60. The molecule has 3 heterocycles. The van der Waals surface area contributed by atoms with Gasteiger partial charge in [-0.15, -0.1) is 0 Å². The summed E-state index contributed by atoms with van der Waals surface area (Å²) >= 11 is 5.09. The largest absolute Gasteiger partial charge is 0.454 e. The number of fused-ring (bicyclic) bond motifs is 2. The molecule has 0 saturated carbocycles. The molecule has 26 heavy (non-hydrogen) atoms. The predicted molar refractivity (Wildman–Crippen MR) is 93.1 cm³/mol. The fourth-order valence-electron chi connectivity index (χ4n) is 3.26. The molecule has 2 N–H and O–H groups in total. The Balaban J connectivity index is 1.60.